The molecule has 1 unspecified atom stereocenters. The van der Waals surface area contributed by atoms with E-state index in [1.54, 1.807) is 0 Å². The van der Waals surface area contributed by atoms with E-state index >= 15 is 0 Å². The van der Waals surface area contributed by atoms with E-state index in [4.69, 9.17) is 23.1 Å². The summed E-state index contributed by atoms with van der Waals surface area (Å²) >= 11 is 5.86. The van der Waals surface area contributed by atoms with Crippen molar-refractivity contribution < 1.29 is 9.50 Å². The molecule has 1 fully saturated rings. The van der Waals surface area contributed by atoms with Crippen LogP contribution in [0.15, 0.2) is 6.07 Å². The van der Waals surface area contributed by atoms with Gasteiger partial charge in [0.1, 0.15) is 5.02 Å². The lowest BCUT2D eigenvalue weighted by molar-refractivity contribution is 0.254. The molecule has 0 saturated carbocycles. The minimum atomic E-state index is -0.598. The van der Waals surface area contributed by atoms with E-state index in [1.165, 1.54) is 6.07 Å². The molecular weight excluding hydrogens is 269 g/mol. The summed E-state index contributed by atoms with van der Waals surface area (Å²) in [6.45, 7) is 0.632. The number of anilines is 3. The molecule has 6 heteroatoms. The van der Waals surface area contributed by atoms with Crippen LogP contribution in [0.2, 0.25) is 5.02 Å². The van der Waals surface area contributed by atoms with E-state index in [0.717, 1.165) is 25.7 Å². The number of hydrogen-bond donors (Lipinski definition) is 3. The number of benzene rings is 1. The lowest BCUT2D eigenvalue weighted by atomic mass is 10.1. The first kappa shape index (κ1) is 14.2. The Balaban J connectivity index is 2.46. The molecule has 1 aromatic rings. The van der Waals surface area contributed by atoms with E-state index in [1.807, 2.05) is 4.90 Å². The van der Waals surface area contributed by atoms with Crippen LogP contribution in [0.4, 0.5) is 21.5 Å². The van der Waals surface area contributed by atoms with Crippen LogP contribution in [-0.4, -0.2) is 24.3 Å². The lowest BCUT2D eigenvalue weighted by Crippen LogP contribution is -2.38. The lowest BCUT2D eigenvalue weighted by Gasteiger charge is -2.32. The predicted molar refractivity (Wildman–Crippen MR) is 76.9 cm³/mol. The minimum Gasteiger partial charge on any atom is -0.397 e. The van der Waals surface area contributed by atoms with Gasteiger partial charge in [-0.3, -0.25) is 0 Å². The number of rotatable bonds is 2. The van der Waals surface area contributed by atoms with E-state index in [2.05, 4.69) is 0 Å². The zero-order valence-electron chi connectivity index (χ0n) is 10.7. The maximum Gasteiger partial charge on any atom is 0.169 e. The van der Waals surface area contributed by atoms with Gasteiger partial charge in [0, 0.05) is 6.54 Å². The Morgan fingerprint density at radius 1 is 1.32 bits per heavy atom. The zero-order valence-corrected chi connectivity index (χ0v) is 11.5. The number of nitrogens with two attached hydrogens (primary N) is 2. The van der Waals surface area contributed by atoms with Gasteiger partial charge in [-0.1, -0.05) is 24.4 Å². The molecule has 0 amide bonds. The largest absolute Gasteiger partial charge is 0.397 e. The number of halogens is 2. The van der Waals surface area contributed by atoms with Crippen molar-refractivity contribution >= 4 is 28.7 Å². The maximum atomic E-state index is 14.3. The first-order chi connectivity index (χ1) is 9.06. The third-order valence-electron chi connectivity index (χ3n) is 3.61. The summed E-state index contributed by atoms with van der Waals surface area (Å²) in [5, 5.41) is 9.38. The maximum absolute atomic E-state index is 14.3. The van der Waals surface area contributed by atoms with Crippen molar-refractivity contribution in [3.8, 4) is 0 Å². The van der Waals surface area contributed by atoms with Crippen molar-refractivity contribution in [1.82, 2.24) is 0 Å². The Hall–Kier alpha value is -1.20. The van der Waals surface area contributed by atoms with Crippen LogP contribution in [0.5, 0.6) is 0 Å². The molecule has 0 aromatic heterocycles. The molecule has 2 rings (SSSR count). The molecule has 0 spiro atoms. The van der Waals surface area contributed by atoms with Gasteiger partial charge in [0.25, 0.3) is 0 Å². The van der Waals surface area contributed by atoms with Gasteiger partial charge < -0.3 is 21.5 Å². The van der Waals surface area contributed by atoms with Gasteiger partial charge in [0.05, 0.1) is 29.7 Å². The second-order valence-electron chi connectivity index (χ2n) is 4.91. The Morgan fingerprint density at radius 2 is 2.05 bits per heavy atom. The van der Waals surface area contributed by atoms with Crippen LogP contribution in [0.1, 0.15) is 25.7 Å². The Kier molecular flexibility index (Phi) is 4.37. The third-order valence-corrected chi connectivity index (χ3v) is 4.00. The van der Waals surface area contributed by atoms with Gasteiger partial charge in [-0.05, 0) is 18.9 Å². The molecule has 1 aromatic carbocycles. The van der Waals surface area contributed by atoms with Crippen molar-refractivity contribution in [2.75, 3.05) is 29.5 Å². The highest BCUT2D eigenvalue weighted by atomic mass is 35.5. The number of aliphatic hydroxyl groups is 1. The van der Waals surface area contributed by atoms with E-state index in [0.29, 0.717) is 6.54 Å². The average molecular weight is 288 g/mol. The molecule has 1 heterocycles. The van der Waals surface area contributed by atoms with Gasteiger partial charge in [-0.2, -0.15) is 0 Å². The number of aliphatic hydroxyl groups excluding tert-OH is 1. The summed E-state index contributed by atoms with van der Waals surface area (Å²) in [5.41, 5.74) is 12.1. The summed E-state index contributed by atoms with van der Waals surface area (Å²) in [7, 11) is 0. The zero-order chi connectivity index (χ0) is 14.0. The molecule has 19 heavy (non-hydrogen) atoms. The smallest absolute Gasteiger partial charge is 0.169 e. The Bertz CT molecular complexity index is 470. The fourth-order valence-electron chi connectivity index (χ4n) is 2.61. The van der Waals surface area contributed by atoms with Crippen molar-refractivity contribution in [1.29, 1.82) is 0 Å². The summed E-state index contributed by atoms with van der Waals surface area (Å²) in [5.74, 6) is -0.598. The van der Waals surface area contributed by atoms with Gasteiger partial charge in [-0.15, -0.1) is 0 Å². The fourth-order valence-corrected chi connectivity index (χ4v) is 2.75. The molecule has 106 valence electrons. The third kappa shape index (κ3) is 2.72. The van der Waals surface area contributed by atoms with Gasteiger partial charge in [0.2, 0.25) is 0 Å². The molecule has 1 atom stereocenters. The quantitative estimate of drug-likeness (QED) is 0.730. The molecule has 0 radical (unpaired) electrons. The molecule has 1 aliphatic heterocycles. The predicted octanol–water partition coefficient (Wildman–Crippen LogP) is 2.38. The highest BCUT2D eigenvalue weighted by Crippen LogP contribution is 2.38. The van der Waals surface area contributed by atoms with Crippen LogP contribution in [0, 0.1) is 5.82 Å². The van der Waals surface area contributed by atoms with Crippen LogP contribution >= 0.6 is 11.6 Å². The van der Waals surface area contributed by atoms with Gasteiger partial charge in [0.15, 0.2) is 5.82 Å². The summed E-state index contributed by atoms with van der Waals surface area (Å²) in [6, 6.07) is 1.35. The number of nitrogens with zero attached hydrogens (tertiary/aromatic N) is 1. The average Bonchev–Trinajstić information content (AvgIpc) is 2.61. The topological polar surface area (TPSA) is 75.5 Å². The highest BCUT2D eigenvalue weighted by molar-refractivity contribution is 6.33. The summed E-state index contributed by atoms with van der Waals surface area (Å²) in [4.78, 5) is 1.82. The molecule has 0 aliphatic carbocycles. The second kappa shape index (κ2) is 5.84. The van der Waals surface area contributed by atoms with Crippen molar-refractivity contribution in [2.45, 2.75) is 31.7 Å². The van der Waals surface area contributed by atoms with Crippen molar-refractivity contribution in [3.05, 3.63) is 16.9 Å². The normalized spacial score (nSPS) is 20.4. The van der Waals surface area contributed by atoms with E-state index in [9.17, 15) is 9.50 Å². The first-order valence-corrected chi connectivity index (χ1v) is 6.84. The molecule has 5 N–H and O–H groups in total. The minimum absolute atomic E-state index is 0.0269. The number of hydrogen-bond acceptors (Lipinski definition) is 4. The Morgan fingerprint density at radius 3 is 2.74 bits per heavy atom. The van der Waals surface area contributed by atoms with Gasteiger partial charge in [-0.25, -0.2) is 4.39 Å². The van der Waals surface area contributed by atoms with E-state index < -0.39 is 5.82 Å². The summed E-state index contributed by atoms with van der Waals surface area (Å²) < 4.78 is 14.3. The monoisotopic (exact) mass is 287 g/mol. The van der Waals surface area contributed by atoms with Crippen LogP contribution in [0.25, 0.3) is 0 Å². The molecule has 1 aliphatic rings. The molecule has 0 bridgehead atoms. The molecule has 1 saturated heterocycles. The van der Waals surface area contributed by atoms with Crippen molar-refractivity contribution in [3.63, 3.8) is 0 Å². The van der Waals surface area contributed by atoms with E-state index in [-0.39, 0.29) is 34.7 Å². The summed E-state index contributed by atoms with van der Waals surface area (Å²) in [6.07, 6.45) is 3.85. The highest BCUT2D eigenvalue weighted by Gasteiger charge is 2.26. The van der Waals surface area contributed by atoms with Crippen molar-refractivity contribution in [2.24, 2.45) is 0 Å². The van der Waals surface area contributed by atoms with Crippen LogP contribution in [-0.2, 0) is 0 Å². The van der Waals surface area contributed by atoms with Crippen LogP contribution in [0.3, 0.4) is 0 Å². The molecule has 4 nitrogen and oxygen atoms in total. The SMILES string of the molecule is Nc1cc(N)c(N2CCCCCC2CO)c(F)c1Cl. The standard InChI is InChI=1S/C13H19ClFN3O/c14-11-9(16)6-10(17)13(12(11)15)18-5-3-1-2-4-8(18)7-19/h6,8,19H,1-5,7,16-17H2. The Labute approximate surface area is 117 Å². The fraction of sp³-hybridized carbons (Fsp3) is 0.538. The second-order valence-corrected chi connectivity index (χ2v) is 5.29. The van der Waals surface area contributed by atoms with Crippen LogP contribution < -0.4 is 16.4 Å². The van der Waals surface area contributed by atoms with Gasteiger partial charge >= 0.3 is 0 Å². The molecular formula is C13H19ClFN3O. The number of nitrogen functional groups attached to an aromatic ring is 2. The first-order valence-electron chi connectivity index (χ1n) is 6.46.